The zero-order valence-electron chi connectivity index (χ0n) is 17.6. The summed E-state index contributed by atoms with van der Waals surface area (Å²) in [7, 11) is 2.09. The first-order valence-electron chi connectivity index (χ1n) is 10.2. The van der Waals surface area contributed by atoms with Crippen LogP contribution in [0.25, 0.3) is 0 Å². The molecule has 1 aliphatic rings. The van der Waals surface area contributed by atoms with E-state index in [1.54, 1.807) is 0 Å². The van der Waals surface area contributed by atoms with E-state index in [1.165, 1.54) is 11.8 Å². The van der Waals surface area contributed by atoms with E-state index in [0.717, 1.165) is 55.9 Å². The van der Waals surface area contributed by atoms with E-state index >= 15 is 0 Å². The summed E-state index contributed by atoms with van der Waals surface area (Å²) in [6.45, 7) is 9.05. The number of amides is 1. The molecule has 0 N–H and O–H groups in total. The van der Waals surface area contributed by atoms with Gasteiger partial charge in [0.05, 0.1) is 5.75 Å². The van der Waals surface area contributed by atoms with Gasteiger partial charge in [-0.25, -0.2) is 0 Å². The number of para-hydroxylation sites is 1. The van der Waals surface area contributed by atoms with Gasteiger partial charge in [0.25, 0.3) is 0 Å². The lowest BCUT2D eigenvalue weighted by Gasteiger charge is -2.32. The van der Waals surface area contributed by atoms with Crippen molar-refractivity contribution in [1.29, 1.82) is 0 Å². The molecule has 0 radical (unpaired) electrons. The maximum Gasteiger partial charge on any atom is 0.233 e. The number of rotatable bonds is 9. The van der Waals surface area contributed by atoms with Gasteiger partial charge in [-0.05, 0) is 31.5 Å². The molecule has 1 saturated heterocycles. The largest absolute Gasteiger partial charge is 0.486 e. The number of carbonyl (C=O) groups is 1. The van der Waals surface area contributed by atoms with E-state index in [9.17, 15) is 4.79 Å². The highest BCUT2D eigenvalue weighted by Crippen LogP contribution is 2.21. The Morgan fingerprint density at radius 2 is 1.86 bits per heavy atom. The molecule has 0 unspecified atom stereocenters. The van der Waals surface area contributed by atoms with E-state index in [1.807, 2.05) is 35.2 Å². The maximum atomic E-state index is 12.6. The number of hydrogen-bond donors (Lipinski definition) is 0. The standard InChI is InChI=1S/C21H31N5O2S/c1-17(2)9-10-26-19(15-28-18-7-5-4-6-8-18)22-23-21(26)29-16-20(27)25-13-11-24(3)12-14-25/h4-8,17H,9-16H2,1-3H3. The average Bonchev–Trinajstić information content (AvgIpc) is 3.12. The summed E-state index contributed by atoms with van der Waals surface area (Å²) >= 11 is 1.47. The van der Waals surface area contributed by atoms with Crippen molar-refractivity contribution in [3.05, 3.63) is 36.2 Å². The SMILES string of the molecule is CC(C)CCn1c(COc2ccccc2)nnc1SCC(=O)N1CCN(C)CC1. The first-order chi connectivity index (χ1) is 14.0. The number of carbonyl (C=O) groups excluding carboxylic acids is 1. The Labute approximate surface area is 177 Å². The van der Waals surface area contributed by atoms with Crippen LogP contribution in [0.1, 0.15) is 26.1 Å². The Bertz CT molecular complexity index is 773. The molecule has 0 bridgehead atoms. The minimum Gasteiger partial charge on any atom is -0.486 e. The molecule has 2 heterocycles. The smallest absolute Gasteiger partial charge is 0.233 e. The van der Waals surface area contributed by atoms with Gasteiger partial charge in [0, 0.05) is 32.7 Å². The van der Waals surface area contributed by atoms with Crippen LogP contribution >= 0.6 is 11.8 Å². The van der Waals surface area contributed by atoms with E-state index in [-0.39, 0.29) is 5.91 Å². The van der Waals surface area contributed by atoms with Gasteiger partial charge in [-0.3, -0.25) is 4.79 Å². The van der Waals surface area contributed by atoms with Crippen molar-refractivity contribution in [2.24, 2.45) is 5.92 Å². The van der Waals surface area contributed by atoms with Crippen LogP contribution in [-0.4, -0.2) is 69.5 Å². The van der Waals surface area contributed by atoms with Gasteiger partial charge >= 0.3 is 0 Å². The molecular formula is C21H31N5O2S. The van der Waals surface area contributed by atoms with E-state index in [4.69, 9.17) is 4.74 Å². The summed E-state index contributed by atoms with van der Waals surface area (Å²) in [6.07, 6.45) is 1.02. The highest BCUT2D eigenvalue weighted by atomic mass is 32.2. The van der Waals surface area contributed by atoms with Crippen LogP contribution in [0.4, 0.5) is 0 Å². The summed E-state index contributed by atoms with van der Waals surface area (Å²) in [5.74, 6) is 2.74. The number of likely N-dealkylation sites (N-methyl/N-ethyl adjacent to an activating group) is 1. The molecule has 0 spiro atoms. The van der Waals surface area contributed by atoms with E-state index in [0.29, 0.717) is 18.3 Å². The molecule has 0 atom stereocenters. The fourth-order valence-electron chi connectivity index (χ4n) is 3.08. The first-order valence-corrected chi connectivity index (χ1v) is 11.2. The minimum atomic E-state index is 0.170. The minimum absolute atomic E-state index is 0.170. The second-order valence-electron chi connectivity index (χ2n) is 7.81. The predicted octanol–water partition coefficient (Wildman–Crippen LogP) is 2.77. The molecule has 2 aromatic rings. The van der Waals surface area contributed by atoms with Crippen LogP contribution in [-0.2, 0) is 17.9 Å². The molecule has 3 rings (SSSR count). The lowest BCUT2D eigenvalue weighted by atomic mass is 10.1. The molecule has 0 saturated carbocycles. The van der Waals surface area contributed by atoms with Crippen LogP contribution in [0.15, 0.2) is 35.5 Å². The summed E-state index contributed by atoms with van der Waals surface area (Å²) < 4.78 is 7.97. The van der Waals surface area contributed by atoms with Crippen LogP contribution in [0, 0.1) is 5.92 Å². The number of aromatic nitrogens is 3. The maximum absolute atomic E-state index is 12.6. The fourth-order valence-corrected chi connectivity index (χ4v) is 3.97. The Balaban J connectivity index is 1.62. The molecule has 1 aromatic carbocycles. The first kappa shape index (κ1) is 21.6. The third kappa shape index (κ3) is 6.47. The van der Waals surface area contributed by atoms with Crippen molar-refractivity contribution < 1.29 is 9.53 Å². The van der Waals surface area contributed by atoms with E-state index < -0.39 is 0 Å². The lowest BCUT2D eigenvalue weighted by Crippen LogP contribution is -2.47. The van der Waals surface area contributed by atoms with Gasteiger partial charge < -0.3 is 19.1 Å². The molecule has 0 aliphatic carbocycles. The predicted molar refractivity (Wildman–Crippen MR) is 115 cm³/mol. The molecule has 1 aliphatic heterocycles. The monoisotopic (exact) mass is 417 g/mol. The number of ether oxygens (including phenoxy) is 1. The molecule has 158 valence electrons. The number of benzene rings is 1. The molecular weight excluding hydrogens is 386 g/mol. The molecule has 8 heteroatoms. The molecule has 29 heavy (non-hydrogen) atoms. The topological polar surface area (TPSA) is 63.5 Å². The third-order valence-electron chi connectivity index (χ3n) is 5.02. The van der Waals surface area contributed by atoms with Crippen molar-refractivity contribution in [3.63, 3.8) is 0 Å². The summed E-state index contributed by atoms with van der Waals surface area (Å²) in [5.41, 5.74) is 0. The van der Waals surface area contributed by atoms with Gasteiger partial charge in [0.2, 0.25) is 5.91 Å². The van der Waals surface area contributed by atoms with Crippen LogP contribution in [0.2, 0.25) is 0 Å². The highest BCUT2D eigenvalue weighted by Gasteiger charge is 2.21. The summed E-state index contributed by atoms with van der Waals surface area (Å²) in [4.78, 5) is 16.8. The number of piperazine rings is 1. The molecule has 1 fully saturated rings. The number of thioether (sulfide) groups is 1. The quantitative estimate of drug-likeness (QED) is 0.585. The average molecular weight is 418 g/mol. The molecule has 7 nitrogen and oxygen atoms in total. The fraction of sp³-hybridized carbons (Fsp3) is 0.571. The second-order valence-corrected chi connectivity index (χ2v) is 8.75. The van der Waals surface area contributed by atoms with Gasteiger partial charge in [-0.1, -0.05) is 43.8 Å². The zero-order valence-corrected chi connectivity index (χ0v) is 18.4. The van der Waals surface area contributed by atoms with Gasteiger partial charge in [-0.2, -0.15) is 0 Å². The van der Waals surface area contributed by atoms with Gasteiger partial charge in [0.1, 0.15) is 12.4 Å². The zero-order chi connectivity index (χ0) is 20.6. The van der Waals surface area contributed by atoms with E-state index in [2.05, 4.69) is 40.6 Å². The Hall–Kier alpha value is -2.06. The summed E-state index contributed by atoms with van der Waals surface area (Å²) in [5, 5.41) is 9.49. The van der Waals surface area contributed by atoms with Crippen LogP contribution in [0.3, 0.4) is 0 Å². The number of hydrogen-bond acceptors (Lipinski definition) is 6. The molecule has 1 amide bonds. The van der Waals surface area contributed by atoms with Gasteiger partial charge in [-0.15, -0.1) is 10.2 Å². The van der Waals surface area contributed by atoms with Gasteiger partial charge in [0.15, 0.2) is 11.0 Å². The van der Waals surface area contributed by atoms with Crippen molar-refractivity contribution in [3.8, 4) is 5.75 Å². The van der Waals surface area contributed by atoms with Crippen molar-refractivity contribution in [2.75, 3.05) is 39.0 Å². The Kier molecular flexibility index (Phi) is 7.94. The molecule has 1 aromatic heterocycles. The highest BCUT2D eigenvalue weighted by molar-refractivity contribution is 7.99. The van der Waals surface area contributed by atoms with Crippen LogP contribution < -0.4 is 4.74 Å². The Morgan fingerprint density at radius 3 is 2.55 bits per heavy atom. The van der Waals surface area contributed by atoms with Crippen molar-refractivity contribution in [2.45, 2.75) is 38.6 Å². The summed E-state index contributed by atoms with van der Waals surface area (Å²) in [6, 6.07) is 9.72. The number of nitrogens with zero attached hydrogens (tertiary/aromatic N) is 5. The third-order valence-corrected chi connectivity index (χ3v) is 5.97. The normalized spacial score (nSPS) is 15.1. The lowest BCUT2D eigenvalue weighted by molar-refractivity contribution is -0.129. The Morgan fingerprint density at radius 1 is 1.14 bits per heavy atom. The second kappa shape index (κ2) is 10.6. The van der Waals surface area contributed by atoms with Crippen molar-refractivity contribution >= 4 is 17.7 Å². The van der Waals surface area contributed by atoms with Crippen molar-refractivity contribution in [1.82, 2.24) is 24.6 Å². The van der Waals surface area contributed by atoms with Crippen LogP contribution in [0.5, 0.6) is 5.75 Å².